The lowest BCUT2D eigenvalue weighted by Gasteiger charge is -2.19. The van der Waals surface area contributed by atoms with Gasteiger partial charge in [-0.25, -0.2) is 0 Å². The van der Waals surface area contributed by atoms with E-state index in [1.807, 2.05) is 19.9 Å². The third-order valence-corrected chi connectivity index (χ3v) is 1.55. The highest BCUT2D eigenvalue weighted by molar-refractivity contribution is 6.62. The van der Waals surface area contributed by atoms with Gasteiger partial charge in [-0.2, -0.15) is 0 Å². The van der Waals surface area contributed by atoms with Crippen molar-refractivity contribution in [1.29, 1.82) is 0 Å². The number of amides is 1. The summed E-state index contributed by atoms with van der Waals surface area (Å²) in [5.41, 5.74) is 0. The zero-order valence-electron chi connectivity index (χ0n) is 7.01. The van der Waals surface area contributed by atoms with E-state index in [0.717, 1.165) is 13.0 Å². The van der Waals surface area contributed by atoms with Crippen LogP contribution in [0.15, 0.2) is 12.2 Å². The van der Waals surface area contributed by atoms with Crippen LogP contribution in [0, 0.1) is 0 Å². The Hall–Kier alpha value is -0.500. The third kappa shape index (κ3) is 4.04. The van der Waals surface area contributed by atoms with E-state index >= 15 is 0 Å². The lowest BCUT2D eigenvalue weighted by Crippen LogP contribution is -2.29. The van der Waals surface area contributed by atoms with Gasteiger partial charge in [-0.1, -0.05) is 26.0 Å². The highest BCUT2D eigenvalue weighted by atomic mass is 35.5. The summed E-state index contributed by atoms with van der Waals surface area (Å²) in [6, 6.07) is 0. The summed E-state index contributed by atoms with van der Waals surface area (Å²) in [5, 5.41) is -0.348. The topological polar surface area (TPSA) is 20.3 Å². The van der Waals surface area contributed by atoms with Crippen LogP contribution in [0.4, 0.5) is 4.79 Å². The summed E-state index contributed by atoms with van der Waals surface area (Å²) in [5.74, 6) is 0. The van der Waals surface area contributed by atoms with E-state index in [-0.39, 0.29) is 5.37 Å². The number of halogens is 1. The molecule has 3 heteroatoms. The number of hydrogen-bond acceptors (Lipinski definition) is 1. The molecule has 0 N–H and O–H groups in total. The molecule has 0 bridgehead atoms. The second kappa shape index (κ2) is 6.23. The maximum absolute atomic E-state index is 10.5. The molecular formula is C8H14ClNO. The number of hydrogen-bond donors (Lipinski definition) is 0. The summed E-state index contributed by atoms with van der Waals surface area (Å²) in [7, 11) is 0. The molecule has 0 radical (unpaired) electrons. The molecule has 1 heterocycles. The molecule has 0 atom stereocenters. The zero-order valence-corrected chi connectivity index (χ0v) is 7.77. The summed E-state index contributed by atoms with van der Waals surface area (Å²) >= 11 is 5.21. The minimum atomic E-state index is -0.348. The lowest BCUT2D eigenvalue weighted by atomic mass is 10.3. The predicted molar refractivity (Wildman–Crippen MR) is 47.9 cm³/mol. The molecule has 0 saturated carbocycles. The first-order chi connectivity index (χ1) is 5.30. The molecule has 0 fully saturated rings. The van der Waals surface area contributed by atoms with Gasteiger partial charge >= 0.3 is 5.37 Å². The number of nitrogens with zero attached hydrogens (tertiary/aromatic N) is 1. The van der Waals surface area contributed by atoms with E-state index in [0.29, 0.717) is 6.54 Å². The maximum atomic E-state index is 10.5. The second-order valence-electron chi connectivity index (χ2n) is 1.96. The Morgan fingerprint density at radius 1 is 1.45 bits per heavy atom. The fourth-order valence-corrected chi connectivity index (χ4v) is 0.954. The average molecular weight is 176 g/mol. The largest absolute Gasteiger partial charge is 0.325 e. The Kier molecular flexibility index (Phi) is 5.94. The van der Waals surface area contributed by atoms with Crippen LogP contribution < -0.4 is 0 Å². The van der Waals surface area contributed by atoms with Crippen molar-refractivity contribution in [2.45, 2.75) is 20.3 Å². The first-order valence-corrected chi connectivity index (χ1v) is 4.28. The maximum Gasteiger partial charge on any atom is 0.316 e. The van der Waals surface area contributed by atoms with E-state index in [1.165, 1.54) is 0 Å². The van der Waals surface area contributed by atoms with Crippen LogP contribution in [0.5, 0.6) is 0 Å². The van der Waals surface area contributed by atoms with Gasteiger partial charge in [0.15, 0.2) is 0 Å². The van der Waals surface area contributed by atoms with E-state index in [1.54, 1.807) is 4.90 Å². The van der Waals surface area contributed by atoms with Gasteiger partial charge in [-0.3, -0.25) is 4.79 Å². The fraction of sp³-hybridized carbons (Fsp3) is 0.625. The monoisotopic (exact) mass is 175 g/mol. The predicted octanol–water partition coefficient (Wildman–Crippen LogP) is 2.63. The fourth-order valence-electron chi connectivity index (χ4n) is 0.801. The van der Waals surface area contributed by atoms with Gasteiger partial charge in [0.2, 0.25) is 0 Å². The molecule has 0 unspecified atom stereocenters. The zero-order chi connectivity index (χ0) is 8.69. The molecule has 1 aliphatic heterocycles. The normalized spacial score (nSPS) is 15.4. The minimum Gasteiger partial charge on any atom is -0.325 e. The Morgan fingerprint density at radius 2 is 2.09 bits per heavy atom. The van der Waals surface area contributed by atoms with E-state index in [9.17, 15) is 4.79 Å². The molecule has 2 nitrogen and oxygen atoms in total. The molecule has 64 valence electrons. The van der Waals surface area contributed by atoms with Crippen LogP contribution in [0.2, 0.25) is 0 Å². The molecule has 1 aliphatic rings. The van der Waals surface area contributed by atoms with Crippen LogP contribution in [-0.4, -0.2) is 23.4 Å². The molecule has 1 amide bonds. The first kappa shape index (κ1) is 10.5. The summed E-state index contributed by atoms with van der Waals surface area (Å²) < 4.78 is 0. The standard InChI is InChI=1S/C6H8ClNO.C2H6/c7-6(9)8-4-2-1-3-5-8;1-2/h1-2H,3-5H2;1-2H3. The Morgan fingerprint density at radius 3 is 2.36 bits per heavy atom. The van der Waals surface area contributed by atoms with Crippen molar-refractivity contribution >= 4 is 17.0 Å². The van der Waals surface area contributed by atoms with E-state index in [2.05, 4.69) is 6.08 Å². The van der Waals surface area contributed by atoms with Gasteiger partial charge in [-0.15, -0.1) is 0 Å². The molecule has 1 rings (SSSR count). The Labute approximate surface area is 72.8 Å². The van der Waals surface area contributed by atoms with Gasteiger partial charge in [0.05, 0.1) is 0 Å². The first-order valence-electron chi connectivity index (χ1n) is 3.90. The number of rotatable bonds is 0. The Bertz CT molecular complexity index is 145. The van der Waals surface area contributed by atoms with Crippen molar-refractivity contribution in [2.24, 2.45) is 0 Å². The van der Waals surface area contributed by atoms with Gasteiger partial charge in [0.25, 0.3) is 0 Å². The van der Waals surface area contributed by atoms with Crippen molar-refractivity contribution in [1.82, 2.24) is 4.90 Å². The number of carbonyl (C=O) groups excluding carboxylic acids is 1. The van der Waals surface area contributed by atoms with Crippen LogP contribution in [-0.2, 0) is 0 Å². The van der Waals surface area contributed by atoms with Crippen molar-refractivity contribution in [2.75, 3.05) is 13.1 Å². The molecule has 11 heavy (non-hydrogen) atoms. The second-order valence-corrected chi connectivity index (χ2v) is 2.28. The van der Waals surface area contributed by atoms with Crippen LogP contribution >= 0.6 is 11.6 Å². The summed E-state index contributed by atoms with van der Waals surface area (Å²) in [6.45, 7) is 5.43. The van der Waals surface area contributed by atoms with E-state index in [4.69, 9.17) is 11.6 Å². The van der Waals surface area contributed by atoms with Crippen LogP contribution in [0.25, 0.3) is 0 Å². The quantitative estimate of drug-likeness (QED) is 0.315. The molecule has 0 aromatic rings. The van der Waals surface area contributed by atoms with Gasteiger partial charge in [0, 0.05) is 13.1 Å². The lowest BCUT2D eigenvalue weighted by molar-refractivity contribution is 0.226. The number of carbonyl (C=O) groups is 1. The van der Waals surface area contributed by atoms with Crippen molar-refractivity contribution < 1.29 is 4.79 Å². The summed E-state index contributed by atoms with van der Waals surface area (Å²) in [6.07, 6.45) is 4.93. The van der Waals surface area contributed by atoms with Gasteiger partial charge in [0.1, 0.15) is 0 Å². The van der Waals surface area contributed by atoms with Gasteiger partial charge < -0.3 is 4.90 Å². The van der Waals surface area contributed by atoms with Crippen molar-refractivity contribution in [3.05, 3.63) is 12.2 Å². The molecule has 0 aromatic carbocycles. The van der Waals surface area contributed by atoms with E-state index < -0.39 is 0 Å². The minimum absolute atomic E-state index is 0.348. The van der Waals surface area contributed by atoms with Crippen molar-refractivity contribution in [3.63, 3.8) is 0 Å². The molecule has 0 aromatic heterocycles. The SMILES string of the molecule is CC.O=C(Cl)N1CC=CCC1. The van der Waals surface area contributed by atoms with Gasteiger partial charge in [-0.05, 0) is 18.0 Å². The van der Waals surface area contributed by atoms with Crippen LogP contribution in [0.1, 0.15) is 20.3 Å². The third-order valence-electron chi connectivity index (χ3n) is 1.31. The van der Waals surface area contributed by atoms with Crippen molar-refractivity contribution in [3.8, 4) is 0 Å². The molecule has 0 aliphatic carbocycles. The molecule has 0 saturated heterocycles. The smallest absolute Gasteiger partial charge is 0.316 e. The molecular weight excluding hydrogens is 162 g/mol. The average Bonchev–Trinajstić information content (AvgIpc) is 2.10. The molecule has 0 spiro atoms. The summed E-state index contributed by atoms with van der Waals surface area (Å²) in [4.78, 5) is 12.1. The Balaban J connectivity index is 0.000000461. The highest BCUT2D eigenvalue weighted by Gasteiger charge is 2.09. The highest BCUT2D eigenvalue weighted by Crippen LogP contribution is 2.03. The van der Waals surface area contributed by atoms with Crippen LogP contribution in [0.3, 0.4) is 0 Å².